The number of carbonyl (C=O) groups excluding carboxylic acids is 3. The molecule has 1 saturated heterocycles. The van der Waals surface area contributed by atoms with Gasteiger partial charge >= 0.3 is 5.97 Å². The molecule has 0 N–H and O–H groups in total. The Morgan fingerprint density at radius 1 is 0.968 bits per heavy atom. The molecule has 2 bridgehead atoms. The lowest BCUT2D eigenvalue weighted by Crippen LogP contribution is -2.50. The molecule has 0 radical (unpaired) electrons. The molecule has 7 atom stereocenters. The third-order valence-electron chi connectivity index (χ3n) is 7.79. The van der Waals surface area contributed by atoms with E-state index in [9.17, 15) is 14.4 Å². The van der Waals surface area contributed by atoms with Crippen LogP contribution in [0.1, 0.15) is 46.6 Å². The molecule has 5 heteroatoms. The first-order valence-electron chi connectivity index (χ1n) is 11.5. The van der Waals surface area contributed by atoms with Crippen LogP contribution in [0.5, 0.6) is 5.75 Å². The minimum atomic E-state index is -0.899. The second kappa shape index (κ2) is 6.78. The van der Waals surface area contributed by atoms with Gasteiger partial charge < -0.3 is 4.74 Å². The number of benzene rings is 1. The van der Waals surface area contributed by atoms with E-state index in [4.69, 9.17) is 4.74 Å². The number of amides is 2. The Morgan fingerprint density at radius 2 is 1.48 bits per heavy atom. The van der Waals surface area contributed by atoms with Crippen LogP contribution in [0, 0.1) is 41.4 Å². The Bertz CT molecular complexity index is 934. The lowest BCUT2D eigenvalue weighted by Gasteiger charge is -2.37. The van der Waals surface area contributed by atoms with Gasteiger partial charge in [-0.2, -0.15) is 0 Å². The van der Waals surface area contributed by atoms with Crippen LogP contribution in [-0.4, -0.2) is 28.7 Å². The summed E-state index contributed by atoms with van der Waals surface area (Å²) in [7, 11) is 0. The Labute approximate surface area is 183 Å². The number of esters is 1. The molecule has 31 heavy (non-hydrogen) atoms. The van der Waals surface area contributed by atoms with E-state index in [0.717, 1.165) is 12.0 Å². The van der Waals surface area contributed by atoms with Crippen molar-refractivity contribution in [2.45, 2.75) is 52.5 Å². The summed E-state index contributed by atoms with van der Waals surface area (Å²) in [6, 6.07) is 6.55. The molecule has 0 aromatic heterocycles. The van der Waals surface area contributed by atoms with Crippen LogP contribution >= 0.6 is 0 Å². The second-order valence-corrected chi connectivity index (χ2v) is 11.1. The van der Waals surface area contributed by atoms with E-state index in [2.05, 4.69) is 32.9 Å². The normalized spacial score (nSPS) is 34.1. The molecule has 0 unspecified atom stereocenters. The maximum absolute atomic E-state index is 13.4. The third kappa shape index (κ3) is 3.07. The average molecular weight is 422 g/mol. The fourth-order valence-corrected chi connectivity index (χ4v) is 6.13. The first-order chi connectivity index (χ1) is 14.6. The summed E-state index contributed by atoms with van der Waals surface area (Å²) in [5, 5.41) is 0. The van der Waals surface area contributed by atoms with Crippen LogP contribution in [0.25, 0.3) is 0 Å². The molecule has 1 aromatic carbocycles. The van der Waals surface area contributed by atoms with Gasteiger partial charge in [0, 0.05) is 0 Å². The topological polar surface area (TPSA) is 63.7 Å². The van der Waals surface area contributed by atoms with Crippen molar-refractivity contribution in [2.75, 3.05) is 0 Å². The van der Waals surface area contributed by atoms with Gasteiger partial charge in [0.05, 0.1) is 11.8 Å². The zero-order valence-electron chi connectivity index (χ0n) is 18.9. The van der Waals surface area contributed by atoms with Crippen molar-refractivity contribution in [3.05, 3.63) is 42.0 Å². The van der Waals surface area contributed by atoms with Gasteiger partial charge in [0.15, 0.2) is 0 Å². The Morgan fingerprint density at radius 3 is 1.94 bits per heavy atom. The average Bonchev–Trinajstić information content (AvgIpc) is 3.48. The third-order valence-corrected chi connectivity index (χ3v) is 7.79. The molecule has 2 amide bonds. The van der Waals surface area contributed by atoms with Gasteiger partial charge in [-0.05, 0) is 59.1 Å². The van der Waals surface area contributed by atoms with E-state index in [-0.39, 0.29) is 46.8 Å². The molecule has 1 aliphatic heterocycles. The van der Waals surface area contributed by atoms with Crippen molar-refractivity contribution in [3.8, 4) is 5.75 Å². The summed E-state index contributed by atoms with van der Waals surface area (Å²) < 4.78 is 5.67. The molecule has 6 rings (SSSR count). The van der Waals surface area contributed by atoms with Crippen LogP contribution in [0.15, 0.2) is 36.4 Å². The van der Waals surface area contributed by atoms with Gasteiger partial charge in [0.25, 0.3) is 0 Å². The smallest absolute Gasteiger partial charge is 0.335 e. The molecule has 0 spiro atoms. The number of likely N-dealkylation sites (tertiary alicyclic amines) is 1. The van der Waals surface area contributed by atoms with E-state index in [1.807, 2.05) is 26.0 Å². The Hall–Kier alpha value is -2.43. The van der Waals surface area contributed by atoms with E-state index in [0.29, 0.717) is 17.6 Å². The van der Waals surface area contributed by atoms with Crippen molar-refractivity contribution in [1.29, 1.82) is 0 Å². The Kier molecular flexibility index (Phi) is 4.48. The predicted octanol–water partition coefficient (Wildman–Crippen LogP) is 3.97. The van der Waals surface area contributed by atoms with Crippen LogP contribution in [0.3, 0.4) is 0 Å². The summed E-state index contributed by atoms with van der Waals surface area (Å²) in [6.45, 7) is 10.1. The highest BCUT2D eigenvalue weighted by Gasteiger charge is 2.68. The van der Waals surface area contributed by atoms with E-state index in [1.165, 1.54) is 4.90 Å². The lowest BCUT2D eigenvalue weighted by atomic mass is 9.63. The molecular formula is C26H31NO4. The number of rotatable bonds is 4. The zero-order chi connectivity index (χ0) is 22.2. The van der Waals surface area contributed by atoms with Crippen LogP contribution < -0.4 is 4.74 Å². The number of carbonyl (C=O) groups is 3. The van der Waals surface area contributed by atoms with E-state index in [1.54, 1.807) is 12.1 Å². The molecule has 164 valence electrons. The predicted molar refractivity (Wildman–Crippen MR) is 116 cm³/mol. The molecule has 2 saturated carbocycles. The highest BCUT2D eigenvalue weighted by atomic mass is 16.5. The molecule has 5 nitrogen and oxygen atoms in total. The fraction of sp³-hybridized carbons (Fsp3) is 0.577. The van der Waals surface area contributed by atoms with Gasteiger partial charge in [0.1, 0.15) is 11.8 Å². The van der Waals surface area contributed by atoms with Gasteiger partial charge in [-0.1, -0.05) is 58.9 Å². The summed E-state index contributed by atoms with van der Waals surface area (Å²) >= 11 is 0. The highest BCUT2D eigenvalue weighted by Crippen LogP contribution is 2.65. The first kappa shape index (κ1) is 20.5. The largest absolute Gasteiger partial charge is 0.425 e. The quantitative estimate of drug-likeness (QED) is 0.319. The van der Waals surface area contributed by atoms with Crippen molar-refractivity contribution < 1.29 is 19.1 Å². The number of hydrogen-bond acceptors (Lipinski definition) is 4. The van der Waals surface area contributed by atoms with Crippen LogP contribution in [-0.2, 0) is 19.8 Å². The molecule has 4 aliphatic carbocycles. The van der Waals surface area contributed by atoms with Gasteiger partial charge in [-0.3, -0.25) is 14.5 Å². The van der Waals surface area contributed by atoms with E-state index < -0.39 is 12.0 Å². The molecule has 1 aromatic rings. The summed E-state index contributed by atoms with van der Waals surface area (Å²) in [5.41, 5.74) is 1.14. The van der Waals surface area contributed by atoms with Gasteiger partial charge in [-0.25, -0.2) is 4.79 Å². The standard InChI is InChI=1S/C26H31NO4/c1-13(2)22(25(30)31-15-8-6-14(7-9-15)26(3,4)5)27-23(28)20-16-10-11-17(19-12-18(16)19)21(20)24(27)29/h6-11,13,16-22H,12H2,1-5H3/t16-,17-,18-,19-,20+,21+,22-/m0/s1. The van der Waals surface area contributed by atoms with E-state index >= 15 is 0 Å². The number of allylic oxidation sites excluding steroid dienone is 2. The summed E-state index contributed by atoms with van der Waals surface area (Å²) in [6.07, 6.45) is 5.42. The monoisotopic (exact) mass is 421 g/mol. The second-order valence-electron chi connectivity index (χ2n) is 11.1. The Balaban J connectivity index is 1.38. The fourth-order valence-electron chi connectivity index (χ4n) is 6.13. The minimum absolute atomic E-state index is 0.00177. The first-order valence-corrected chi connectivity index (χ1v) is 11.5. The summed E-state index contributed by atoms with van der Waals surface area (Å²) in [4.78, 5) is 41.3. The number of hydrogen-bond donors (Lipinski definition) is 0. The van der Waals surface area contributed by atoms with Crippen molar-refractivity contribution in [1.82, 2.24) is 4.90 Å². The SMILES string of the molecule is CC(C)[C@@H](C(=O)Oc1ccc(C(C)(C)C)cc1)N1C(=O)[C@@H]2[C@H]3C=C[C@@H]([C@@H]4C[C@@H]34)[C@H]2C1=O. The van der Waals surface area contributed by atoms with Gasteiger partial charge in [-0.15, -0.1) is 0 Å². The molecule has 1 heterocycles. The zero-order valence-corrected chi connectivity index (χ0v) is 18.9. The van der Waals surface area contributed by atoms with Crippen molar-refractivity contribution in [2.24, 2.45) is 41.4 Å². The molecule has 5 aliphatic rings. The summed E-state index contributed by atoms with van der Waals surface area (Å²) in [5.74, 6) is 0.0829. The molecule has 3 fully saturated rings. The lowest BCUT2D eigenvalue weighted by molar-refractivity contribution is -0.155. The van der Waals surface area contributed by atoms with Crippen molar-refractivity contribution in [3.63, 3.8) is 0 Å². The van der Waals surface area contributed by atoms with Crippen LogP contribution in [0.2, 0.25) is 0 Å². The maximum atomic E-state index is 13.4. The highest BCUT2D eigenvalue weighted by molar-refractivity contribution is 6.09. The van der Waals surface area contributed by atoms with Crippen LogP contribution in [0.4, 0.5) is 0 Å². The number of imide groups is 1. The van der Waals surface area contributed by atoms with Gasteiger partial charge in [0.2, 0.25) is 11.8 Å². The minimum Gasteiger partial charge on any atom is -0.425 e. The molecular weight excluding hydrogens is 390 g/mol. The number of ether oxygens (including phenoxy) is 1. The van der Waals surface area contributed by atoms with Crippen molar-refractivity contribution >= 4 is 17.8 Å². The number of nitrogens with zero attached hydrogens (tertiary/aromatic N) is 1. The maximum Gasteiger partial charge on any atom is 0.335 e.